The number of nitrogens with one attached hydrogen (secondary N) is 2. The average molecular weight is 392 g/mol. The van der Waals surface area contributed by atoms with Gasteiger partial charge in [-0.25, -0.2) is 13.1 Å². The second-order valence-electron chi connectivity index (χ2n) is 6.52. The van der Waals surface area contributed by atoms with E-state index >= 15 is 0 Å². The summed E-state index contributed by atoms with van der Waals surface area (Å²) in [5.74, 6) is -0.723. The van der Waals surface area contributed by atoms with Crippen LogP contribution in [0.15, 0.2) is 47.4 Å². The largest absolute Gasteiger partial charge is 0.456 e. The van der Waals surface area contributed by atoms with Gasteiger partial charge in [0.25, 0.3) is 5.91 Å². The Morgan fingerprint density at radius 2 is 1.78 bits per heavy atom. The first-order valence-electron chi connectivity index (χ1n) is 8.69. The molecule has 0 aliphatic rings. The highest BCUT2D eigenvalue weighted by Gasteiger charge is 2.15. The standard InChI is InChI=1S/C19H24N2O5S/c1-14(2)12-20-18(22)13-26-19(23)9-10-21-27(24,25)17-8-7-15-5-3-4-6-16(15)11-17/h3-8,11,14,21H,9-10,12-13H2,1-2H3,(H,20,22). The molecular weight excluding hydrogens is 368 g/mol. The number of esters is 1. The Labute approximate surface area is 159 Å². The fourth-order valence-electron chi connectivity index (χ4n) is 2.29. The molecule has 2 N–H and O–H groups in total. The lowest BCUT2D eigenvalue weighted by molar-refractivity contribution is -0.148. The van der Waals surface area contributed by atoms with E-state index in [1.165, 1.54) is 6.07 Å². The van der Waals surface area contributed by atoms with Gasteiger partial charge in [-0.3, -0.25) is 9.59 Å². The number of fused-ring (bicyclic) bond motifs is 1. The highest BCUT2D eigenvalue weighted by Crippen LogP contribution is 2.18. The van der Waals surface area contributed by atoms with Gasteiger partial charge in [0.1, 0.15) is 0 Å². The van der Waals surface area contributed by atoms with Crippen LogP contribution in [-0.4, -0.2) is 40.0 Å². The van der Waals surface area contributed by atoms with E-state index in [1.807, 2.05) is 38.1 Å². The van der Waals surface area contributed by atoms with Gasteiger partial charge in [-0.05, 0) is 28.8 Å². The molecule has 0 fully saturated rings. The summed E-state index contributed by atoms with van der Waals surface area (Å²) in [7, 11) is -3.73. The molecule has 0 unspecified atom stereocenters. The van der Waals surface area contributed by atoms with Crippen LogP contribution < -0.4 is 10.0 Å². The third-order valence-corrected chi connectivity index (χ3v) is 5.18. The maximum absolute atomic E-state index is 12.3. The molecule has 0 bridgehead atoms. The first-order chi connectivity index (χ1) is 12.8. The SMILES string of the molecule is CC(C)CNC(=O)COC(=O)CCNS(=O)(=O)c1ccc2ccccc2c1. The van der Waals surface area contributed by atoms with E-state index in [0.29, 0.717) is 12.5 Å². The number of rotatable bonds is 9. The van der Waals surface area contributed by atoms with Gasteiger partial charge in [-0.15, -0.1) is 0 Å². The van der Waals surface area contributed by atoms with Gasteiger partial charge in [0.05, 0.1) is 11.3 Å². The van der Waals surface area contributed by atoms with Gasteiger partial charge in [-0.2, -0.15) is 0 Å². The molecule has 2 rings (SSSR count). The molecule has 0 aromatic heterocycles. The number of benzene rings is 2. The molecule has 0 saturated carbocycles. The van der Waals surface area contributed by atoms with Crippen LogP contribution in [0.1, 0.15) is 20.3 Å². The van der Waals surface area contributed by atoms with E-state index in [0.717, 1.165) is 10.8 Å². The van der Waals surface area contributed by atoms with Crippen molar-refractivity contribution < 1.29 is 22.7 Å². The van der Waals surface area contributed by atoms with Gasteiger partial charge in [-0.1, -0.05) is 44.2 Å². The van der Waals surface area contributed by atoms with Crippen LogP contribution >= 0.6 is 0 Å². The van der Waals surface area contributed by atoms with Crippen molar-refractivity contribution >= 4 is 32.7 Å². The van der Waals surface area contributed by atoms with Crippen molar-refractivity contribution in [3.8, 4) is 0 Å². The number of carbonyl (C=O) groups is 2. The van der Waals surface area contributed by atoms with E-state index in [2.05, 4.69) is 10.0 Å². The summed E-state index contributed by atoms with van der Waals surface area (Å²) in [5.41, 5.74) is 0. The fourth-order valence-corrected chi connectivity index (χ4v) is 3.36. The maximum Gasteiger partial charge on any atom is 0.307 e. The Morgan fingerprint density at radius 3 is 2.48 bits per heavy atom. The molecule has 2 aromatic carbocycles. The second-order valence-corrected chi connectivity index (χ2v) is 8.28. The number of hydrogen-bond donors (Lipinski definition) is 2. The monoisotopic (exact) mass is 392 g/mol. The second kappa shape index (κ2) is 9.48. The Balaban J connectivity index is 1.80. The Hall–Kier alpha value is -2.45. The molecule has 0 spiro atoms. The normalized spacial score (nSPS) is 11.5. The number of sulfonamides is 1. The van der Waals surface area contributed by atoms with Gasteiger partial charge < -0.3 is 10.1 Å². The topological polar surface area (TPSA) is 102 Å². The lowest BCUT2D eigenvalue weighted by atomic mass is 10.1. The molecule has 0 atom stereocenters. The summed E-state index contributed by atoms with van der Waals surface area (Å²) in [5, 5.41) is 4.38. The van der Waals surface area contributed by atoms with Crippen molar-refractivity contribution in [3.05, 3.63) is 42.5 Å². The van der Waals surface area contributed by atoms with Crippen molar-refractivity contribution in [2.24, 2.45) is 5.92 Å². The summed E-state index contributed by atoms with van der Waals surface area (Å²) in [6, 6.07) is 12.3. The molecule has 0 aliphatic heterocycles. The van der Waals surface area contributed by atoms with E-state index in [9.17, 15) is 18.0 Å². The molecule has 27 heavy (non-hydrogen) atoms. The van der Waals surface area contributed by atoms with Gasteiger partial charge in [0, 0.05) is 13.1 Å². The molecule has 0 saturated heterocycles. The van der Waals surface area contributed by atoms with E-state index in [-0.39, 0.29) is 30.4 Å². The average Bonchev–Trinajstić information content (AvgIpc) is 2.64. The first-order valence-corrected chi connectivity index (χ1v) is 10.2. The predicted octanol–water partition coefficient (Wildman–Crippen LogP) is 1.82. The summed E-state index contributed by atoms with van der Waals surface area (Å²) >= 11 is 0. The zero-order valence-corrected chi connectivity index (χ0v) is 16.2. The van der Waals surface area contributed by atoms with Crippen molar-refractivity contribution in [2.75, 3.05) is 19.7 Å². The van der Waals surface area contributed by atoms with Crippen LogP contribution in [0.4, 0.5) is 0 Å². The highest BCUT2D eigenvalue weighted by atomic mass is 32.2. The predicted molar refractivity (Wildman–Crippen MR) is 103 cm³/mol. The van der Waals surface area contributed by atoms with Crippen LogP contribution in [0.5, 0.6) is 0 Å². The molecule has 0 heterocycles. The van der Waals surface area contributed by atoms with Gasteiger partial charge >= 0.3 is 5.97 Å². The van der Waals surface area contributed by atoms with Crippen LogP contribution in [-0.2, 0) is 24.3 Å². The van der Waals surface area contributed by atoms with Crippen LogP contribution in [0, 0.1) is 5.92 Å². The third kappa shape index (κ3) is 6.65. The Morgan fingerprint density at radius 1 is 1.07 bits per heavy atom. The fraction of sp³-hybridized carbons (Fsp3) is 0.368. The molecule has 2 aromatic rings. The number of hydrogen-bond acceptors (Lipinski definition) is 5. The zero-order valence-electron chi connectivity index (χ0n) is 15.4. The zero-order chi connectivity index (χ0) is 19.9. The molecule has 8 heteroatoms. The van der Waals surface area contributed by atoms with Crippen LogP contribution in [0.25, 0.3) is 10.8 Å². The van der Waals surface area contributed by atoms with Crippen molar-refractivity contribution in [1.29, 1.82) is 0 Å². The van der Waals surface area contributed by atoms with Crippen molar-refractivity contribution in [2.45, 2.75) is 25.2 Å². The summed E-state index contributed by atoms with van der Waals surface area (Å²) < 4.78 is 31.9. The Bertz CT molecular complexity index is 909. The highest BCUT2D eigenvalue weighted by molar-refractivity contribution is 7.89. The number of amides is 1. The van der Waals surface area contributed by atoms with Gasteiger partial charge in [0.15, 0.2) is 6.61 Å². The number of carbonyl (C=O) groups excluding carboxylic acids is 2. The Kier molecular flexibility index (Phi) is 7.32. The molecule has 0 aliphatic carbocycles. The lowest BCUT2D eigenvalue weighted by Crippen LogP contribution is -2.32. The minimum atomic E-state index is -3.73. The minimum absolute atomic E-state index is 0.110. The van der Waals surface area contributed by atoms with E-state index in [4.69, 9.17) is 4.74 Å². The van der Waals surface area contributed by atoms with Crippen LogP contribution in [0.3, 0.4) is 0 Å². The molecular formula is C19H24N2O5S. The molecule has 146 valence electrons. The molecule has 7 nitrogen and oxygen atoms in total. The summed E-state index contributed by atoms with van der Waals surface area (Å²) in [6.07, 6.45) is -0.162. The van der Waals surface area contributed by atoms with E-state index in [1.54, 1.807) is 12.1 Å². The molecule has 1 amide bonds. The number of ether oxygens (including phenoxy) is 1. The minimum Gasteiger partial charge on any atom is -0.456 e. The summed E-state index contributed by atoms with van der Waals surface area (Å²) in [4.78, 5) is 23.3. The van der Waals surface area contributed by atoms with E-state index < -0.39 is 16.0 Å². The lowest BCUT2D eigenvalue weighted by Gasteiger charge is -2.09. The van der Waals surface area contributed by atoms with Crippen molar-refractivity contribution in [3.63, 3.8) is 0 Å². The van der Waals surface area contributed by atoms with Gasteiger partial charge in [0.2, 0.25) is 10.0 Å². The quantitative estimate of drug-likeness (QED) is 0.634. The summed E-state index contributed by atoms with van der Waals surface area (Å²) in [6.45, 7) is 3.93. The third-order valence-electron chi connectivity index (χ3n) is 3.72. The molecule has 0 radical (unpaired) electrons. The maximum atomic E-state index is 12.3. The first kappa shape index (κ1) is 20.9. The van der Waals surface area contributed by atoms with Crippen molar-refractivity contribution in [1.82, 2.24) is 10.0 Å². The van der Waals surface area contributed by atoms with Crippen LogP contribution in [0.2, 0.25) is 0 Å². The smallest absolute Gasteiger partial charge is 0.307 e.